The van der Waals surface area contributed by atoms with Crippen molar-refractivity contribution >= 4 is 16.2 Å². The van der Waals surface area contributed by atoms with Crippen LogP contribution in [0.15, 0.2) is 12.7 Å². The number of carbonyl (C=O) groups excluding carboxylic acids is 1. The van der Waals surface area contributed by atoms with Crippen molar-refractivity contribution in [3.63, 3.8) is 0 Å². The van der Waals surface area contributed by atoms with Crippen LogP contribution in [-0.4, -0.2) is 19.9 Å². The first kappa shape index (κ1) is 16.2. The molecule has 0 spiro atoms. The predicted octanol–water partition coefficient (Wildman–Crippen LogP) is 2.40. The van der Waals surface area contributed by atoms with Crippen LogP contribution in [0, 0.1) is 11.8 Å². The fourth-order valence-electron chi connectivity index (χ4n) is 1.76. The minimum atomic E-state index is -3.91. The molecule has 2 aliphatic rings. The number of rotatable bonds is 5. The standard InChI is InChI=1S/C10H17NO4S.C3H6.H2/c1-3-7-6-8(7)9(12)11-16(13,14)15-10(2)4-5-10;1-3-2;/h7-8H,3-6H2,1-2H3,(H,11,12);3H,1H2,2H3;1H/t7-,8+;;/m1../s1. The second-order valence-electron chi connectivity index (χ2n) is 5.37. The molecule has 19 heavy (non-hydrogen) atoms. The first-order valence-electron chi connectivity index (χ1n) is 6.61. The molecule has 0 unspecified atom stereocenters. The summed E-state index contributed by atoms with van der Waals surface area (Å²) in [5, 5.41) is 0. The molecule has 0 saturated heterocycles. The normalized spacial score (nSPS) is 26.7. The Morgan fingerprint density at radius 2 is 2.11 bits per heavy atom. The molecule has 2 aliphatic carbocycles. The van der Waals surface area contributed by atoms with Crippen LogP contribution in [0.1, 0.15) is 47.9 Å². The Bertz CT molecular complexity index is 445. The van der Waals surface area contributed by atoms with E-state index in [-0.39, 0.29) is 7.34 Å². The highest BCUT2D eigenvalue weighted by Gasteiger charge is 2.46. The molecule has 2 saturated carbocycles. The van der Waals surface area contributed by atoms with Crippen LogP contribution < -0.4 is 4.72 Å². The summed E-state index contributed by atoms with van der Waals surface area (Å²) >= 11 is 0. The van der Waals surface area contributed by atoms with E-state index in [0.717, 1.165) is 25.7 Å². The van der Waals surface area contributed by atoms with Gasteiger partial charge in [-0.15, -0.1) is 6.58 Å². The summed E-state index contributed by atoms with van der Waals surface area (Å²) in [6.07, 6.45) is 4.90. The zero-order valence-electron chi connectivity index (χ0n) is 11.8. The van der Waals surface area contributed by atoms with Gasteiger partial charge in [0, 0.05) is 7.34 Å². The van der Waals surface area contributed by atoms with Crippen LogP contribution in [0.5, 0.6) is 0 Å². The van der Waals surface area contributed by atoms with E-state index in [2.05, 4.69) is 6.58 Å². The SMILES string of the molecule is C=CC.CC[C@@H]1C[C@@H]1C(=O)NS(=O)(=O)OC1(C)CC1.[HH]. The van der Waals surface area contributed by atoms with Gasteiger partial charge in [0.2, 0.25) is 5.91 Å². The van der Waals surface area contributed by atoms with Crippen LogP contribution in [0.2, 0.25) is 0 Å². The van der Waals surface area contributed by atoms with Crippen molar-refractivity contribution in [3.05, 3.63) is 12.7 Å². The van der Waals surface area contributed by atoms with Gasteiger partial charge in [0.1, 0.15) is 0 Å². The van der Waals surface area contributed by atoms with Gasteiger partial charge in [0.15, 0.2) is 0 Å². The molecule has 2 rings (SSSR count). The Kier molecular flexibility index (Phi) is 5.15. The molecule has 0 heterocycles. The van der Waals surface area contributed by atoms with Crippen LogP contribution in [0.3, 0.4) is 0 Å². The molecule has 2 fully saturated rings. The van der Waals surface area contributed by atoms with E-state index in [1.54, 1.807) is 13.0 Å². The minimum absolute atomic E-state index is 0. The number of nitrogens with one attached hydrogen (secondary N) is 1. The van der Waals surface area contributed by atoms with Crippen LogP contribution >= 0.6 is 0 Å². The lowest BCUT2D eigenvalue weighted by Crippen LogP contribution is -2.35. The molecule has 0 radical (unpaired) electrons. The summed E-state index contributed by atoms with van der Waals surface area (Å²) in [5.74, 6) is -0.224. The first-order valence-corrected chi connectivity index (χ1v) is 8.02. The molecule has 0 aromatic rings. The van der Waals surface area contributed by atoms with Crippen LogP contribution in [0.4, 0.5) is 0 Å². The monoisotopic (exact) mass is 291 g/mol. The van der Waals surface area contributed by atoms with Crippen molar-refractivity contribution in [1.82, 2.24) is 4.72 Å². The third kappa shape index (κ3) is 5.32. The lowest BCUT2D eigenvalue weighted by Gasteiger charge is -2.11. The van der Waals surface area contributed by atoms with E-state index in [9.17, 15) is 13.2 Å². The van der Waals surface area contributed by atoms with Gasteiger partial charge in [0.05, 0.1) is 5.60 Å². The summed E-state index contributed by atoms with van der Waals surface area (Å²) in [6, 6.07) is 0. The van der Waals surface area contributed by atoms with Gasteiger partial charge in [-0.05, 0) is 39.0 Å². The zero-order chi connectivity index (χ0) is 14.7. The number of amides is 1. The molecule has 0 aromatic heterocycles. The van der Waals surface area contributed by atoms with Gasteiger partial charge in [0.25, 0.3) is 0 Å². The number of hydrogen-bond acceptors (Lipinski definition) is 4. The van der Waals surface area contributed by atoms with Crippen molar-refractivity contribution in [3.8, 4) is 0 Å². The summed E-state index contributed by atoms with van der Waals surface area (Å²) < 4.78 is 29.8. The summed E-state index contributed by atoms with van der Waals surface area (Å²) in [4.78, 5) is 11.5. The van der Waals surface area contributed by atoms with Crippen molar-refractivity contribution < 1.29 is 18.8 Å². The van der Waals surface area contributed by atoms with Crippen LogP contribution in [-0.2, 0) is 19.3 Å². The zero-order valence-corrected chi connectivity index (χ0v) is 12.6. The fraction of sp³-hybridized carbons (Fsp3) is 0.769. The van der Waals surface area contributed by atoms with E-state index < -0.39 is 21.8 Å². The van der Waals surface area contributed by atoms with Crippen molar-refractivity contribution in [2.24, 2.45) is 11.8 Å². The van der Waals surface area contributed by atoms with Crippen molar-refractivity contribution in [2.75, 3.05) is 0 Å². The van der Waals surface area contributed by atoms with E-state index in [0.29, 0.717) is 5.92 Å². The third-order valence-corrected chi connectivity index (χ3v) is 4.35. The van der Waals surface area contributed by atoms with Gasteiger partial charge in [-0.1, -0.05) is 19.4 Å². The molecule has 1 N–H and O–H groups in total. The van der Waals surface area contributed by atoms with Gasteiger partial charge >= 0.3 is 10.3 Å². The van der Waals surface area contributed by atoms with Crippen LogP contribution in [0.25, 0.3) is 0 Å². The first-order chi connectivity index (χ1) is 8.77. The molecule has 5 nitrogen and oxygen atoms in total. The van der Waals surface area contributed by atoms with E-state index >= 15 is 0 Å². The van der Waals surface area contributed by atoms with Gasteiger partial charge in [-0.3, -0.25) is 4.79 Å². The highest BCUT2D eigenvalue weighted by molar-refractivity contribution is 7.85. The molecular weight excluding hydrogens is 266 g/mol. The third-order valence-electron chi connectivity index (χ3n) is 3.27. The molecule has 1 amide bonds. The second-order valence-corrected chi connectivity index (χ2v) is 6.65. The quantitative estimate of drug-likeness (QED) is 0.789. The van der Waals surface area contributed by atoms with Gasteiger partial charge < -0.3 is 0 Å². The molecule has 6 heteroatoms. The molecule has 112 valence electrons. The van der Waals surface area contributed by atoms with E-state index in [4.69, 9.17) is 4.18 Å². The maximum atomic E-state index is 11.5. The maximum Gasteiger partial charge on any atom is 0.362 e. The Morgan fingerprint density at radius 3 is 2.47 bits per heavy atom. The average molecular weight is 291 g/mol. The van der Waals surface area contributed by atoms with E-state index in [1.807, 2.05) is 18.6 Å². The molecule has 0 aromatic carbocycles. The lowest BCUT2D eigenvalue weighted by atomic mass is 10.2. The number of allylic oxidation sites excluding steroid dienone is 1. The van der Waals surface area contributed by atoms with Gasteiger partial charge in [-0.25, -0.2) is 8.91 Å². The molecule has 0 aliphatic heterocycles. The predicted molar refractivity (Wildman–Crippen MR) is 75.7 cm³/mol. The molecular formula is C13H25NO4S. The Hall–Kier alpha value is -0.880. The summed E-state index contributed by atoms with van der Waals surface area (Å²) in [7, 11) is -3.91. The summed E-state index contributed by atoms with van der Waals surface area (Å²) in [6.45, 7) is 8.97. The minimum Gasteiger partial charge on any atom is -0.274 e. The maximum absolute atomic E-state index is 11.5. The Morgan fingerprint density at radius 1 is 1.58 bits per heavy atom. The highest BCUT2D eigenvalue weighted by Crippen LogP contribution is 2.42. The highest BCUT2D eigenvalue weighted by atomic mass is 32.2. The van der Waals surface area contributed by atoms with Gasteiger partial charge in [-0.2, -0.15) is 8.42 Å². The lowest BCUT2D eigenvalue weighted by molar-refractivity contribution is -0.121. The summed E-state index contributed by atoms with van der Waals surface area (Å²) in [5.41, 5.74) is -0.584. The Labute approximate surface area is 117 Å². The Balaban J connectivity index is 0.000000830. The fourth-order valence-corrected chi connectivity index (χ4v) is 2.90. The second kappa shape index (κ2) is 6.05. The number of hydrogen-bond donors (Lipinski definition) is 1. The number of carbonyl (C=O) groups is 1. The average Bonchev–Trinajstić information content (AvgIpc) is 3.14. The topological polar surface area (TPSA) is 72.5 Å². The van der Waals surface area contributed by atoms with Crippen molar-refractivity contribution in [2.45, 2.75) is 52.1 Å². The smallest absolute Gasteiger partial charge is 0.274 e. The van der Waals surface area contributed by atoms with E-state index in [1.165, 1.54) is 0 Å². The van der Waals surface area contributed by atoms with Crippen molar-refractivity contribution in [1.29, 1.82) is 0 Å². The molecule has 2 atom stereocenters. The largest absolute Gasteiger partial charge is 0.362 e. The molecule has 0 bridgehead atoms.